The molecule has 2 aromatic heterocycles. The molecule has 204 valence electrons. The molecule has 1 aliphatic heterocycles. The number of nitro benzene ring substituents is 1. The summed E-state index contributed by atoms with van der Waals surface area (Å²) in [6, 6.07) is 13.1. The number of methoxy groups -OCH3 is 1. The van der Waals surface area contributed by atoms with Crippen molar-refractivity contribution in [1.29, 1.82) is 0 Å². The summed E-state index contributed by atoms with van der Waals surface area (Å²) in [5.74, 6) is 0.746. The number of hydrogen-bond acceptors (Lipinski definition) is 9. The van der Waals surface area contributed by atoms with Gasteiger partial charge in [-0.15, -0.1) is 0 Å². The molecular weight excluding hydrogens is 498 g/mol. The standard InChI is InChI=1S/C28H33N7O4/c1-32(2)13-14-33(3)24-16-26(39-4)21(15-25(24)35(37)38)31-28-29-12-11-20(30-28)27-19-7-5-6-8-22(19)34-17-18(36)9-10-23(27)34/h5-8,11-12,15-16,18,36H,9-10,13-14,17H2,1-4H3,(H,29,30,31). The molecule has 2 aromatic carbocycles. The van der Waals surface area contributed by atoms with Crippen molar-refractivity contribution in [1.82, 2.24) is 19.4 Å². The number of anilines is 3. The maximum atomic E-state index is 12.0. The molecule has 1 atom stereocenters. The van der Waals surface area contributed by atoms with Crippen LogP contribution in [0.3, 0.4) is 0 Å². The maximum Gasteiger partial charge on any atom is 0.294 e. The van der Waals surface area contributed by atoms with Crippen molar-refractivity contribution in [3.63, 3.8) is 0 Å². The molecule has 1 aliphatic rings. The highest BCUT2D eigenvalue weighted by molar-refractivity contribution is 5.97. The number of aliphatic hydroxyl groups excluding tert-OH is 1. The largest absolute Gasteiger partial charge is 0.494 e. The van der Waals surface area contributed by atoms with Crippen molar-refractivity contribution in [2.45, 2.75) is 25.5 Å². The molecule has 5 rings (SSSR count). The maximum absolute atomic E-state index is 12.0. The zero-order chi connectivity index (χ0) is 27.7. The third-order valence-corrected chi connectivity index (χ3v) is 7.13. The van der Waals surface area contributed by atoms with Crippen molar-refractivity contribution >= 4 is 33.9 Å². The number of likely N-dealkylation sites (N-methyl/N-ethyl adjacent to an activating group) is 2. The van der Waals surface area contributed by atoms with Gasteiger partial charge in [0, 0.05) is 67.2 Å². The molecule has 0 fully saturated rings. The van der Waals surface area contributed by atoms with E-state index in [1.54, 1.807) is 12.3 Å². The van der Waals surface area contributed by atoms with E-state index in [4.69, 9.17) is 9.72 Å². The number of aliphatic hydroxyl groups is 1. The van der Waals surface area contributed by atoms with Crippen LogP contribution in [0.25, 0.3) is 22.2 Å². The third-order valence-electron chi connectivity index (χ3n) is 7.13. The Morgan fingerprint density at radius 3 is 2.74 bits per heavy atom. The zero-order valence-electron chi connectivity index (χ0n) is 22.6. The van der Waals surface area contributed by atoms with Gasteiger partial charge in [-0.3, -0.25) is 10.1 Å². The van der Waals surface area contributed by atoms with Crippen LogP contribution in [0.15, 0.2) is 48.7 Å². The molecule has 0 bridgehead atoms. The average Bonchev–Trinajstić information content (AvgIpc) is 3.25. The molecule has 11 heteroatoms. The third kappa shape index (κ3) is 5.23. The summed E-state index contributed by atoms with van der Waals surface area (Å²) in [6.07, 6.45) is 2.72. The Labute approximate surface area is 226 Å². The van der Waals surface area contributed by atoms with Gasteiger partial charge in [0.15, 0.2) is 0 Å². The van der Waals surface area contributed by atoms with Gasteiger partial charge >= 0.3 is 0 Å². The highest BCUT2D eigenvalue weighted by atomic mass is 16.6. The van der Waals surface area contributed by atoms with E-state index < -0.39 is 4.92 Å². The monoisotopic (exact) mass is 531 g/mol. The van der Waals surface area contributed by atoms with E-state index in [1.807, 2.05) is 49.1 Å². The zero-order valence-corrected chi connectivity index (χ0v) is 22.6. The van der Waals surface area contributed by atoms with Crippen molar-refractivity contribution in [2.24, 2.45) is 0 Å². The normalized spacial score (nSPS) is 14.9. The van der Waals surface area contributed by atoms with Crippen LogP contribution < -0.4 is 15.0 Å². The number of nitro groups is 1. The minimum atomic E-state index is -0.391. The number of nitrogens with one attached hydrogen (secondary N) is 1. The van der Waals surface area contributed by atoms with Crippen LogP contribution in [0.4, 0.5) is 23.0 Å². The number of fused-ring (bicyclic) bond motifs is 3. The Morgan fingerprint density at radius 1 is 1.21 bits per heavy atom. The molecule has 39 heavy (non-hydrogen) atoms. The van der Waals surface area contributed by atoms with Crippen molar-refractivity contribution in [2.75, 3.05) is 51.6 Å². The number of ether oxygens (including phenoxy) is 1. The van der Waals surface area contributed by atoms with Crippen LogP contribution in [-0.2, 0) is 13.0 Å². The first-order valence-corrected chi connectivity index (χ1v) is 12.9. The first-order valence-electron chi connectivity index (χ1n) is 12.9. The lowest BCUT2D eigenvalue weighted by atomic mass is 10.0. The van der Waals surface area contributed by atoms with E-state index >= 15 is 0 Å². The summed E-state index contributed by atoms with van der Waals surface area (Å²) >= 11 is 0. The van der Waals surface area contributed by atoms with Crippen LogP contribution in [0.5, 0.6) is 5.75 Å². The number of benzene rings is 2. The first-order chi connectivity index (χ1) is 18.8. The van der Waals surface area contributed by atoms with Crippen molar-refractivity contribution < 1.29 is 14.8 Å². The molecular formula is C28H33N7O4. The molecule has 0 radical (unpaired) electrons. The Hall–Kier alpha value is -4.22. The van der Waals surface area contributed by atoms with E-state index in [0.29, 0.717) is 42.6 Å². The smallest absolute Gasteiger partial charge is 0.294 e. The van der Waals surface area contributed by atoms with E-state index in [0.717, 1.165) is 40.8 Å². The molecule has 0 amide bonds. The summed E-state index contributed by atoms with van der Waals surface area (Å²) in [5.41, 5.74) is 4.76. The lowest BCUT2D eigenvalue weighted by molar-refractivity contribution is -0.384. The molecule has 11 nitrogen and oxygen atoms in total. The van der Waals surface area contributed by atoms with Gasteiger partial charge in [-0.05, 0) is 39.1 Å². The Morgan fingerprint density at radius 2 is 2.00 bits per heavy atom. The average molecular weight is 532 g/mol. The predicted molar refractivity (Wildman–Crippen MR) is 152 cm³/mol. The molecule has 4 aromatic rings. The van der Waals surface area contributed by atoms with E-state index in [9.17, 15) is 15.2 Å². The second-order valence-electron chi connectivity index (χ2n) is 10.1. The lowest BCUT2D eigenvalue weighted by Gasteiger charge is -2.23. The molecule has 0 saturated carbocycles. The van der Waals surface area contributed by atoms with Crippen LogP contribution in [0.1, 0.15) is 12.1 Å². The minimum absolute atomic E-state index is 0.0400. The predicted octanol–water partition coefficient (Wildman–Crippen LogP) is 4.06. The summed E-state index contributed by atoms with van der Waals surface area (Å²) in [6.45, 7) is 1.90. The molecule has 0 saturated heterocycles. The molecule has 0 spiro atoms. The number of rotatable bonds is 9. The van der Waals surface area contributed by atoms with Gasteiger partial charge in [0.05, 0.1) is 29.5 Å². The molecule has 0 aliphatic carbocycles. The Kier molecular flexibility index (Phi) is 7.36. The van der Waals surface area contributed by atoms with Gasteiger partial charge in [-0.2, -0.15) is 0 Å². The van der Waals surface area contributed by atoms with Gasteiger partial charge in [-0.25, -0.2) is 9.97 Å². The second-order valence-corrected chi connectivity index (χ2v) is 10.1. The van der Waals surface area contributed by atoms with Crippen LogP contribution in [0.2, 0.25) is 0 Å². The van der Waals surface area contributed by atoms with Gasteiger partial charge in [0.2, 0.25) is 5.95 Å². The molecule has 1 unspecified atom stereocenters. The van der Waals surface area contributed by atoms with Gasteiger partial charge in [0.25, 0.3) is 5.69 Å². The highest BCUT2D eigenvalue weighted by Gasteiger charge is 2.26. The minimum Gasteiger partial charge on any atom is -0.494 e. The Bertz CT molecular complexity index is 1520. The number of hydrogen-bond donors (Lipinski definition) is 2. The fourth-order valence-corrected chi connectivity index (χ4v) is 5.14. The second kappa shape index (κ2) is 10.9. The van der Waals surface area contributed by atoms with Gasteiger partial charge in [-0.1, -0.05) is 18.2 Å². The fourth-order valence-electron chi connectivity index (χ4n) is 5.14. The van der Waals surface area contributed by atoms with Crippen molar-refractivity contribution in [3.8, 4) is 17.0 Å². The number of aromatic nitrogens is 3. The summed E-state index contributed by atoms with van der Waals surface area (Å²) in [5, 5.41) is 26.5. The van der Waals surface area contributed by atoms with Crippen LogP contribution in [-0.4, -0.2) is 76.9 Å². The Balaban J connectivity index is 1.53. The first kappa shape index (κ1) is 26.4. The topological polar surface area (TPSA) is 122 Å². The SMILES string of the molecule is COc1cc(N(C)CCN(C)C)c([N+](=O)[O-])cc1Nc1nccc(-c2c3n(c4ccccc24)CC(O)CC3)n1. The lowest BCUT2D eigenvalue weighted by Crippen LogP contribution is -2.28. The fraction of sp³-hybridized carbons (Fsp3) is 0.357. The summed E-state index contributed by atoms with van der Waals surface area (Å²) in [4.78, 5) is 24.7. The van der Waals surface area contributed by atoms with E-state index in [-0.39, 0.29) is 11.8 Å². The van der Waals surface area contributed by atoms with E-state index in [1.165, 1.54) is 13.2 Å². The number of para-hydroxylation sites is 1. The van der Waals surface area contributed by atoms with Crippen molar-refractivity contribution in [3.05, 3.63) is 64.5 Å². The number of nitrogens with zero attached hydrogens (tertiary/aromatic N) is 6. The quantitative estimate of drug-likeness (QED) is 0.243. The van der Waals surface area contributed by atoms with Gasteiger partial charge in [0.1, 0.15) is 11.4 Å². The van der Waals surface area contributed by atoms with Crippen LogP contribution in [0, 0.1) is 10.1 Å². The van der Waals surface area contributed by atoms with Gasteiger partial charge < -0.3 is 29.5 Å². The highest BCUT2D eigenvalue weighted by Crippen LogP contribution is 2.40. The summed E-state index contributed by atoms with van der Waals surface area (Å²) < 4.78 is 7.78. The molecule has 3 heterocycles. The van der Waals surface area contributed by atoms with E-state index in [2.05, 4.69) is 27.0 Å². The summed E-state index contributed by atoms with van der Waals surface area (Å²) in [7, 11) is 7.27. The molecule has 2 N–H and O–H groups in total. The van der Waals surface area contributed by atoms with Crippen LogP contribution >= 0.6 is 0 Å².